The summed E-state index contributed by atoms with van der Waals surface area (Å²) in [5, 5.41) is 1.87. The first-order valence-electron chi connectivity index (χ1n) is 11.7. The Kier molecular flexibility index (Phi) is 6.88. The average Bonchev–Trinajstić information content (AvgIpc) is 2.87. The number of ether oxygens (including phenoxy) is 1. The molecule has 1 N–H and O–H groups in total. The first-order chi connectivity index (χ1) is 16.7. The van der Waals surface area contributed by atoms with Crippen molar-refractivity contribution in [3.05, 3.63) is 100.0 Å². The van der Waals surface area contributed by atoms with Gasteiger partial charge in [-0.1, -0.05) is 23.7 Å². The zero-order valence-electron chi connectivity index (χ0n) is 18.9. The highest BCUT2D eigenvalue weighted by atomic mass is 35.5. The van der Waals surface area contributed by atoms with Crippen LogP contribution in [0.15, 0.2) is 78.0 Å². The third-order valence-corrected chi connectivity index (χ3v) is 6.76. The van der Waals surface area contributed by atoms with Crippen molar-refractivity contribution in [1.82, 2.24) is 19.9 Å². The van der Waals surface area contributed by atoms with E-state index in [4.69, 9.17) is 16.3 Å². The molecule has 1 aliphatic rings. The van der Waals surface area contributed by atoms with Gasteiger partial charge in [0.05, 0.1) is 22.5 Å². The van der Waals surface area contributed by atoms with E-state index < -0.39 is 0 Å². The van der Waals surface area contributed by atoms with Crippen molar-refractivity contribution >= 4 is 22.4 Å². The van der Waals surface area contributed by atoms with Gasteiger partial charge in [0, 0.05) is 43.1 Å². The van der Waals surface area contributed by atoms with Gasteiger partial charge in [-0.25, -0.2) is 0 Å². The van der Waals surface area contributed by atoms with E-state index in [0.717, 1.165) is 55.5 Å². The molecule has 0 amide bonds. The maximum atomic E-state index is 12.0. The summed E-state index contributed by atoms with van der Waals surface area (Å²) in [5.41, 5.74) is 1.98. The fourth-order valence-electron chi connectivity index (χ4n) is 4.70. The van der Waals surface area contributed by atoms with E-state index in [1.807, 2.05) is 48.8 Å². The Morgan fingerprint density at radius 3 is 2.24 bits per heavy atom. The second-order valence-electron chi connectivity index (χ2n) is 8.77. The number of aromatic amines is 1. The number of H-pyrrole nitrogens is 1. The van der Waals surface area contributed by atoms with Gasteiger partial charge in [0.1, 0.15) is 5.75 Å². The molecule has 4 aromatic rings. The Balaban J connectivity index is 1.27. The van der Waals surface area contributed by atoms with Crippen LogP contribution in [-0.2, 0) is 13.1 Å². The van der Waals surface area contributed by atoms with Crippen molar-refractivity contribution in [2.75, 3.05) is 0 Å². The number of fused-ring (bicyclic) bond motifs is 1. The largest absolute Gasteiger partial charge is 0.489 e. The van der Waals surface area contributed by atoms with Crippen LogP contribution in [-0.4, -0.2) is 32.0 Å². The Bertz CT molecular complexity index is 1250. The van der Waals surface area contributed by atoms with Gasteiger partial charge in [0.2, 0.25) is 0 Å². The molecule has 0 atom stereocenters. The van der Waals surface area contributed by atoms with Gasteiger partial charge in [0.25, 0.3) is 5.56 Å². The van der Waals surface area contributed by atoms with Gasteiger partial charge in [-0.3, -0.25) is 19.7 Å². The van der Waals surface area contributed by atoms with Gasteiger partial charge < -0.3 is 9.72 Å². The summed E-state index contributed by atoms with van der Waals surface area (Å²) in [7, 11) is 0. The summed E-state index contributed by atoms with van der Waals surface area (Å²) in [6, 6.07) is 18.0. The van der Waals surface area contributed by atoms with Gasteiger partial charge in [0.15, 0.2) is 0 Å². The third kappa shape index (κ3) is 5.29. The predicted molar refractivity (Wildman–Crippen MR) is 134 cm³/mol. The molecule has 3 aromatic heterocycles. The van der Waals surface area contributed by atoms with E-state index in [1.54, 1.807) is 12.3 Å². The van der Waals surface area contributed by atoms with Crippen LogP contribution in [0.4, 0.5) is 0 Å². The highest BCUT2D eigenvalue weighted by Gasteiger charge is 2.28. The van der Waals surface area contributed by atoms with Crippen LogP contribution < -0.4 is 10.3 Å². The van der Waals surface area contributed by atoms with Crippen LogP contribution in [0.3, 0.4) is 0 Å². The molecule has 3 heterocycles. The molecule has 6 nitrogen and oxygen atoms in total. The fraction of sp³-hybridized carbons (Fsp3) is 0.296. The zero-order chi connectivity index (χ0) is 23.3. The molecule has 0 radical (unpaired) electrons. The van der Waals surface area contributed by atoms with Crippen molar-refractivity contribution in [1.29, 1.82) is 0 Å². The van der Waals surface area contributed by atoms with Crippen LogP contribution in [0, 0.1) is 0 Å². The number of hydrogen-bond acceptors (Lipinski definition) is 5. The third-order valence-electron chi connectivity index (χ3n) is 6.46. The molecule has 5 rings (SSSR count). The number of hydrogen-bond donors (Lipinski definition) is 1. The van der Waals surface area contributed by atoms with Crippen LogP contribution in [0.2, 0.25) is 5.02 Å². The summed E-state index contributed by atoms with van der Waals surface area (Å²) in [6.45, 7) is 1.58. The van der Waals surface area contributed by atoms with E-state index in [2.05, 4.69) is 32.0 Å². The van der Waals surface area contributed by atoms with E-state index >= 15 is 0 Å². The maximum absolute atomic E-state index is 12.0. The lowest BCUT2D eigenvalue weighted by Gasteiger charge is -2.36. The molecule has 0 saturated heterocycles. The van der Waals surface area contributed by atoms with E-state index in [1.165, 1.54) is 0 Å². The maximum Gasteiger partial charge on any atom is 0.255 e. The van der Waals surface area contributed by atoms with Gasteiger partial charge >= 0.3 is 0 Å². The van der Waals surface area contributed by atoms with E-state index in [9.17, 15) is 4.79 Å². The van der Waals surface area contributed by atoms with Crippen molar-refractivity contribution < 1.29 is 4.74 Å². The Hall–Kier alpha value is -3.22. The normalized spacial score (nSPS) is 18.3. The number of benzene rings is 1. The molecule has 1 aromatic carbocycles. The highest BCUT2D eigenvalue weighted by molar-refractivity contribution is 6.32. The number of nitrogens with one attached hydrogen (secondary N) is 1. The Labute approximate surface area is 203 Å². The molecule has 1 aliphatic carbocycles. The summed E-state index contributed by atoms with van der Waals surface area (Å²) >= 11 is 6.45. The topological polar surface area (TPSA) is 71.1 Å². The second-order valence-corrected chi connectivity index (χ2v) is 9.18. The van der Waals surface area contributed by atoms with Crippen molar-refractivity contribution in [2.45, 2.75) is 50.9 Å². The van der Waals surface area contributed by atoms with Crippen LogP contribution in [0.1, 0.15) is 37.1 Å². The van der Waals surface area contributed by atoms with Crippen LogP contribution in [0.5, 0.6) is 5.75 Å². The second kappa shape index (κ2) is 10.4. The van der Waals surface area contributed by atoms with Crippen LogP contribution >= 0.6 is 11.6 Å². The number of nitrogens with zero attached hydrogens (tertiary/aromatic N) is 3. The molecule has 1 fully saturated rings. The lowest BCUT2D eigenvalue weighted by Crippen LogP contribution is -2.39. The number of halogens is 1. The molecule has 34 heavy (non-hydrogen) atoms. The van der Waals surface area contributed by atoms with Crippen molar-refractivity contribution in [2.24, 2.45) is 0 Å². The van der Waals surface area contributed by atoms with E-state index in [-0.39, 0.29) is 11.7 Å². The lowest BCUT2D eigenvalue weighted by atomic mass is 9.91. The first-order valence-corrected chi connectivity index (χ1v) is 12.0. The summed E-state index contributed by atoms with van der Waals surface area (Å²) in [4.78, 5) is 26.3. The highest BCUT2D eigenvalue weighted by Crippen LogP contribution is 2.33. The van der Waals surface area contributed by atoms with Crippen LogP contribution in [0.25, 0.3) is 10.8 Å². The predicted octanol–water partition coefficient (Wildman–Crippen LogP) is 5.36. The molecule has 174 valence electrons. The minimum absolute atomic E-state index is 0.0970. The quantitative estimate of drug-likeness (QED) is 0.390. The zero-order valence-corrected chi connectivity index (χ0v) is 19.6. The molecular weight excluding hydrogens is 448 g/mol. The van der Waals surface area contributed by atoms with Crippen molar-refractivity contribution in [3.63, 3.8) is 0 Å². The molecule has 7 heteroatoms. The SMILES string of the molecule is O=c1[nH]ccc2cc(O[C@H]3CC[C@@H](N(Cc4ccccn4)Cc4ccccn4)CC3)c(Cl)cc12. The van der Waals surface area contributed by atoms with Gasteiger partial charge in [-0.15, -0.1) is 0 Å². The fourth-order valence-corrected chi connectivity index (χ4v) is 4.91. The standard InChI is InChI=1S/C27H27ClN4O2/c28-25-16-24-19(11-14-31-27(24)33)15-26(25)34-23-9-7-22(8-10-23)32(17-20-5-1-3-12-29-20)18-21-6-2-4-13-30-21/h1-6,11-16,22-23H,7-10,17-18H2,(H,31,33)/t22-,23+. The molecular formula is C27H27ClN4O2. The van der Waals surface area contributed by atoms with Gasteiger partial charge in [-0.2, -0.15) is 0 Å². The molecule has 0 aliphatic heterocycles. The lowest BCUT2D eigenvalue weighted by molar-refractivity contribution is 0.0781. The monoisotopic (exact) mass is 474 g/mol. The number of rotatable bonds is 7. The molecule has 0 bridgehead atoms. The molecule has 0 unspecified atom stereocenters. The summed E-state index contributed by atoms with van der Waals surface area (Å²) < 4.78 is 6.31. The van der Waals surface area contributed by atoms with Gasteiger partial charge in [-0.05, 0) is 73.5 Å². The Morgan fingerprint density at radius 2 is 1.62 bits per heavy atom. The Morgan fingerprint density at radius 1 is 0.941 bits per heavy atom. The average molecular weight is 475 g/mol. The molecule has 0 spiro atoms. The summed E-state index contributed by atoms with van der Waals surface area (Å²) in [6.07, 6.45) is 9.36. The van der Waals surface area contributed by atoms with E-state index in [0.29, 0.717) is 22.2 Å². The minimum atomic E-state index is -0.146. The first kappa shape index (κ1) is 22.6. The summed E-state index contributed by atoms with van der Waals surface area (Å²) in [5.74, 6) is 0.641. The van der Waals surface area contributed by atoms with Crippen molar-refractivity contribution in [3.8, 4) is 5.75 Å². The number of aromatic nitrogens is 3. The minimum Gasteiger partial charge on any atom is -0.489 e. The molecule has 1 saturated carbocycles. The smallest absolute Gasteiger partial charge is 0.255 e. The number of pyridine rings is 3.